The fraction of sp³-hybridized carbons (Fsp3) is 0.333. The summed E-state index contributed by atoms with van der Waals surface area (Å²) in [7, 11) is 2.04. The van der Waals surface area contributed by atoms with E-state index < -0.39 is 0 Å². The summed E-state index contributed by atoms with van der Waals surface area (Å²) in [5.41, 5.74) is 9.13. The van der Waals surface area contributed by atoms with Gasteiger partial charge in [-0.25, -0.2) is 0 Å². The minimum Gasteiger partial charge on any atom is -0.354 e. The van der Waals surface area contributed by atoms with Gasteiger partial charge >= 0.3 is 0 Å². The van der Waals surface area contributed by atoms with Gasteiger partial charge < -0.3 is 9.80 Å². The molecule has 0 aliphatic carbocycles. The van der Waals surface area contributed by atoms with Crippen LogP contribution in [0.3, 0.4) is 0 Å². The second kappa shape index (κ2) is 5.83. The molecule has 4 nitrogen and oxygen atoms in total. The van der Waals surface area contributed by atoms with Crippen LogP contribution in [-0.2, 0) is 0 Å². The number of nitrogens with zero attached hydrogens (tertiary/aromatic N) is 4. The summed E-state index contributed by atoms with van der Waals surface area (Å²) >= 11 is 0. The van der Waals surface area contributed by atoms with E-state index in [-0.39, 0.29) is 6.17 Å². The van der Waals surface area contributed by atoms with E-state index in [0.717, 1.165) is 11.4 Å². The molecule has 0 N–H and O–H groups in total. The Kier molecular flexibility index (Phi) is 3.93. The number of rotatable bonds is 1. The Bertz CT molecular complexity index is 960. The van der Waals surface area contributed by atoms with Gasteiger partial charge in [-0.1, -0.05) is 6.07 Å². The average molecular weight is 330 g/mol. The summed E-state index contributed by atoms with van der Waals surface area (Å²) in [6.07, 6.45) is 0.120. The summed E-state index contributed by atoms with van der Waals surface area (Å²) in [6.45, 7) is 25.5. The Balaban J connectivity index is 2.31. The first-order valence-electron chi connectivity index (χ1n) is 8.34. The van der Waals surface area contributed by atoms with Gasteiger partial charge in [-0.2, -0.15) is 0 Å². The van der Waals surface area contributed by atoms with E-state index in [4.69, 9.17) is 13.1 Å². The molecule has 0 radical (unpaired) electrons. The van der Waals surface area contributed by atoms with Gasteiger partial charge in [-0.05, 0) is 69.0 Å². The third-order valence-corrected chi connectivity index (χ3v) is 5.44. The third kappa shape index (κ3) is 2.34. The molecule has 0 unspecified atom stereocenters. The highest BCUT2D eigenvalue weighted by molar-refractivity contribution is 5.92. The lowest BCUT2D eigenvalue weighted by molar-refractivity contribution is 0.730. The number of benzene rings is 2. The van der Waals surface area contributed by atoms with E-state index in [2.05, 4.69) is 60.2 Å². The number of aryl methyl sites for hydroxylation is 2. The molecule has 126 valence electrons. The summed E-state index contributed by atoms with van der Waals surface area (Å²) in [4.78, 5) is 11.6. The van der Waals surface area contributed by atoms with Crippen LogP contribution in [0.2, 0.25) is 0 Å². The van der Waals surface area contributed by atoms with Crippen molar-refractivity contribution in [2.45, 2.75) is 40.8 Å². The van der Waals surface area contributed by atoms with Crippen LogP contribution < -0.4 is 9.80 Å². The standard InChI is InChI=1S/C21H22N4/c1-12-9-13(2)21(15(4)14(12)3)25-16(5)24(8)19-10-17(22-6)18(23-7)11-20(19)25/h9-11,16H,1-5,8H3/t16-/m0/s1. The van der Waals surface area contributed by atoms with Gasteiger partial charge in [0.2, 0.25) is 0 Å². The van der Waals surface area contributed by atoms with Crippen LogP contribution in [0.15, 0.2) is 18.2 Å². The number of anilines is 3. The Hall–Kier alpha value is -2.98. The maximum atomic E-state index is 7.42. The first-order chi connectivity index (χ1) is 11.8. The molecule has 0 amide bonds. The SMILES string of the molecule is [C-]#[N+]c1cc2c(cc1[N+]#[C-])N(c1c(C)cc(C)c(C)c1C)[C@@H](C)N2C. The minimum absolute atomic E-state index is 0.120. The van der Waals surface area contributed by atoms with Gasteiger partial charge in [0.1, 0.15) is 6.17 Å². The number of fused-ring (bicyclic) bond motifs is 1. The monoisotopic (exact) mass is 330 g/mol. The van der Waals surface area contributed by atoms with Crippen molar-refractivity contribution >= 4 is 28.4 Å². The Labute approximate surface area is 149 Å². The molecule has 1 heterocycles. The Morgan fingerprint density at radius 2 is 1.40 bits per heavy atom. The molecule has 0 saturated heterocycles. The van der Waals surface area contributed by atoms with E-state index in [1.807, 2.05) is 19.2 Å². The predicted molar refractivity (Wildman–Crippen MR) is 104 cm³/mol. The largest absolute Gasteiger partial charge is 0.354 e. The lowest BCUT2D eigenvalue weighted by Crippen LogP contribution is -2.36. The highest BCUT2D eigenvalue weighted by Gasteiger charge is 2.34. The highest BCUT2D eigenvalue weighted by atomic mass is 15.4. The highest BCUT2D eigenvalue weighted by Crippen LogP contribution is 2.50. The summed E-state index contributed by atoms with van der Waals surface area (Å²) in [6, 6.07) is 5.94. The molecule has 0 bridgehead atoms. The zero-order chi connectivity index (χ0) is 18.5. The summed E-state index contributed by atoms with van der Waals surface area (Å²) in [5.74, 6) is 0. The summed E-state index contributed by atoms with van der Waals surface area (Å²) < 4.78 is 0. The van der Waals surface area contributed by atoms with Crippen molar-refractivity contribution in [1.82, 2.24) is 0 Å². The van der Waals surface area contributed by atoms with E-state index in [0.29, 0.717) is 11.4 Å². The molecule has 25 heavy (non-hydrogen) atoms. The van der Waals surface area contributed by atoms with Crippen LogP contribution >= 0.6 is 0 Å². The lowest BCUT2D eigenvalue weighted by atomic mass is 9.97. The maximum Gasteiger partial charge on any atom is 0.196 e. The molecule has 2 aromatic rings. The van der Waals surface area contributed by atoms with Gasteiger partial charge in [0.15, 0.2) is 11.4 Å². The fourth-order valence-electron chi connectivity index (χ4n) is 3.73. The smallest absolute Gasteiger partial charge is 0.196 e. The third-order valence-electron chi connectivity index (χ3n) is 5.44. The zero-order valence-electron chi connectivity index (χ0n) is 15.6. The van der Waals surface area contributed by atoms with Crippen molar-refractivity contribution in [2.24, 2.45) is 0 Å². The van der Waals surface area contributed by atoms with Crippen LogP contribution in [0.4, 0.5) is 28.4 Å². The maximum absolute atomic E-state index is 7.42. The van der Waals surface area contributed by atoms with Crippen molar-refractivity contribution in [3.63, 3.8) is 0 Å². The van der Waals surface area contributed by atoms with Crippen LogP contribution in [0, 0.1) is 40.8 Å². The molecule has 3 rings (SSSR count). The quantitative estimate of drug-likeness (QED) is 0.600. The molecule has 0 aromatic heterocycles. The zero-order valence-corrected chi connectivity index (χ0v) is 15.6. The molecular formula is C21H22N4. The van der Waals surface area contributed by atoms with E-state index in [1.165, 1.54) is 27.9 Å². The molecule has 2 aromatic carbocycles. The van der Waals surface area contributed by atoms with Crippen LogP contribution in [0.5, 0.6) is 0 Å². The normalized spacial score (nSPS) is 15.8. The Morgan fingerprint density at radius 3 is 1.96 bits per heavy atom. The minimum atomic E-state index is 0.120. The van der Waals surface area contributed by atoms with Gasteiger partial charge in [-0.15, -0.1) is 0 Å². The predicted octanol–water partition coefficient (Wildman–Crippen LogP) is 5.96. The molecular weight excluding hydrogens is 308 g/mol. The molecule has 1 aliphatic heterocycles. The van der Waals surface area contributed by atoms with E-state index in [9.17, 15) is 0 Å². The fourth-order valence-corrected chi connectivity index (χ4v) is 3.73. The van der Waals surface area contributed by atoms with Crippen LogP contribution in [0.1, 0.15) is 29.2 Å². The molecule has 0 saturated carbocycles. The molecule has 0 fully saturated rings. The van der Waals surface area contributed by atoms with Gasteiger partial charge in [0.25, 0.3) is 0 Å². The first kappa shape index (κ1) is 16.9. The van der Waals surface area contributed by atoms with Crippen molar-refractivity contribution in [2.75, 3.05) is 16.8 Å². The number of hydrogen-bond acceptors (Lipinski definition) is 2. The second-order valence-electron chi connectivity index (χ2n) is 6.77. The van der Waals surface area contributed by atoms with Crippen molar-refractivity contribution < 1.29 is 0 Å². The van der Waals surface area contributed by atoms with Crippen molar-refractivity contribution in [1.29, 1.82) is 0 Å². The molecule has 0 spiro atoms. The Morgan fingerprint density at radius 1 is 0.840 bits per heavy atom. The van der Waals surface area contributed by atoms with Gasteiger partial charge in [-0.3, -0.25) is 9.69 Å². The molecule has 1 aliphatic rings. The van der Waals surface area contributed by atoms with Crippen LogP contribution in [0.25, 0.3) is 9.69 Å². The topological polar surface area (TPSA) is 15.2 Å². The van der Waals surface area contributed by atoms with Crippen molar-refractivity contribution in [3.8, 4) is 0 Å². The van der Waals surface area contributed by atoms with E-state index >= 15 is 0 Å². The molecule has 1 atom stereocenters. The van der Waals surface area contributed by atoms with Gasteiger partial charge in [0.05, 0.1) is 18.8 Å². The van der Waals surface area contributed by atoms with E-state index in [1.54, 1.807) is 0 Å². The lowest BCUT2D eigenvalue weighted by Gasteiger charge is -2.31. The molecule has 4 heteroatoms. The second-order valence-corrected chi connectivity index (χ2v) is 6.77. The average Bonchev–Trinajstić information content (AvgIpc) is 2.83. The van der Waals surface area contributed by atoms with Crippen molar-refractivity contribution in [3.05, 3.63) is 63.3 Å². The van der Waals surface area contributed by atoms with Gasteiger partial charge in [0, 0.05) is 18.4 Å². The summed E-state index contributed by atoms with van der Waals surface area (Å²) in [5, 5.41) is 0. The van der Waals surface area contributed by atoms with Crippen LogP contribution in [-0.4, -0.2) is 13.2 Å². The number of hydrogen-bond donors (Lipinski definition) is 0. The first-order valence-corrected chi connectivity index (χ1v) is 8.34.